The Hall–Kier alpha value is -1.88. The number of nitrogens with one attached hydrogen (secondary N) is 2. The Morgan fingerprint density at radius 3 is 2.32 bits per heavy atom. The van der Waals surface area contributed by atoms with Crippen LogP contribution in [0.3, 0.4) is 0 Å². The van der Waals surface area contributed by atoms with Gasteiger partial charge in [0.25, 0.3) is 5.91 Å². The van der Waals surface area contributed by atoms with E-state index in [0.29, 0.717) is 13.0 Å². The lowest BCUT2D eigenvalue weighted by Gasteiger charge is -2.16. The standard InChI is InChI=1S/C14H20N2O3/c1-10(2)8-12(14(18)16-19)13(17)15-9-11-6-4-3-5-7-11/h3-7,10,12,19H,8-9H2,1-2H3,(H,15,17)(H,16,18). The first-order chi connectivity index (χ1) is 9.04. The third kappa shape index (κ3) is 5.09. The number of carbonyl (C=O) groups excluding carboxylic acids is 2. The average molecular weight is 264 g/mol. The maximum Gasteiger partial charge on any atom is 0.255 e. The van der Waals surface area contributed by atoms with Crippen molar-refractivity contribution in [3.05, 3.63) is 35.9 Å². The lowest BCUT2D eigenvalue weighted by Crippen LogP contribution is -2.40. The highest BCUT2D eigenvalue weighted by Gasteiger charge is 2.26. The van der Waals surface area contributed by atoms with Crippen LogP contribution in [0.5, 0.6) is 0 Å². The molecule has 5 heteroatoms. The van der Waals surface area contributed by atoms with Crippen molar-refractivity contribution in [3.8, 4) is 0 Å². The van der Waals surface area contributed by atoms with Crippen molar-refractivity contribution in [2.24, 2.45) is 11.8 Å². The molecule has 1 unspecified atom stereocenters. The molecule has 0 radical (unpaired) electrons. The molecule has 1 rings (SSSR count). The Bertz CT molecular complexity index is 418. The second-order valence-corrected chi connectivity index (χ2v) is 4.86. The first-order valence-electron chi connectivity index (χ1n) is 6.30. The lowest BCUT2D eigenvalue weighted by molar-refractivity contribution is -0.141. The van der Waals surface area contributed by atoms with E-state index in [1.54, 1.807) is 5.48 Å². The van der Waals surface area contributed by atoms with Crippen LogP contribution in [-0.4, -0.2) is 17.0 Å². The maximum atomic E-state index is 12.0. The van der Waals surface area contributed by atoms with Crippen molar-refractivity contribution >= 4 is 11.8 Å². The molecule has 19 heavy (non-hydrogen) atoms. The van der Waals surface area contributed by atoms with Crippen molar-refractivity contribution < 1.29 is 14.8 Å². The van der Waals surface area contributed by atoms with Gasteiger partial charge in [-0.15, -0.1) is 0 Å². The van der Waals surface area contributed by atoms with E-state index >= 15 is 0 Å². The number of carbonyl (C=O) groups is 2. The summed E-state index contributed by atoms with van der Waals surface area (Å²) in [5.74, 6) is -1.72. The zero-order chi connectivity index (χ0) is 14.3. The van der Waals surface area contributed by atoms with Gasteiger partial charge in [-0.1, -0.05) is 44.2 Å². The summed E-state index contributed by atoms with van der Waals surface area (Å²) in [6.45, 7) is 4.21. The summed E-state index contributed by atoms with van der Waals surface area (Å²) in [6, 6.07) is 9.45. The Kier molecular flexibility index (Phi) is 6.02. The number of hydrogen-bond acceptors (Lipinski definition) is 3. The first-order valence-corrected chi connectivity index (χ1v) is 6.30. The first kappa shape index (κ1) is 15.2. The van der Waals surface area contributed by atoms with E-state index in [4.69, 9.17) is 5.21 Å². The average Bonchev–Trinajstić information content (AvgIpc) is 2.42. The minimum Gasteiger partial charge on any atom is -0.351 e. The predicted octanol–water partition coefficient (Wildman–Crippen LogP) is 1.47. The lowest BCUT2D eigenvalue weighted by atomic mass is 9.95. The molecule has 0 aromatic heterocycles. The van der Waals surface area contributed by atoms with Crippen molar-refractivity contribution in [2.45, 2.75) is 26.8 Å². The Balaban J connectivity index is 2.59. The van der Waals surface area contributed by atoms with Gasteiger partial charge in [0, 0.05) is 6.54 Å². The summed E-state index contributed by atoms with van der Waals surface area (Å²) in [6.07, 6.45) is 0.396. The molecular weight excluding hydrogens is 244 g/mol. The van der Waals surface area contributed by atoms with E-state index in [9.17, 15) is 9.59 Å². The normalized spacial score (nSPS) is 12.0. The number of hydrogen-bond donors (Lipinski definition) is 3. The van der Waals surface area contributed by atoms with Gasteiger partial charge >= 0.3 is 0 Å². The number of amides is 2. The van der Waals surface area contributed by atoms with Crippen LogP contribution in [0.1, 0.15) is 25.8 Å². The van der Waals surface area contributed by atoms with E-state index in [1.807, 2.05) is 44.2 Å². The van der Waals surface area contributed by atoms with E-state index < -0.39 is 11.8 Å². The Labute approximate surface area is 113 Å². The minimum absolute atomic E-state index is 0.185. The van der Waals surface area contributed by atoms with Crippen LogP contribution >= 0.6 is 0 Å². The molecule has 3 N–H and O–H groups in total. The monoisotopic (exact) mass is 264 g/mol. The molecule has 0 fully saturated rings. The molecular formula is C14H20N2O3. The SMILES string of the molecule is CC(C)CC(C(=O)NO)C(=O)NCc1ccccc1. The minimum atomic E-state index is -0.867. The fraction of sp³-hybridized carbons (Fsp3) is 0.429. The van der Waals surface area contributed by atoms with Gasteiger partial charge in [0.1, 0.15) is 5.92 Å². The van der Waals surface area contributed by atoms with E-state index in [0.717, 1.165) is 5.56 Å². The van der Waals surface area contributed by atoms with Crippen LogP contribution in [-0.2, 0) is 16.1 Å². The van der Waals surface area contributed by atoms with Crippen LogP contribution in [0.25, 0.3) is 0 Å². The van der Waals surface area contributed by atoms with Gasteiger partial charge in [0.05, 0.1) is 0 Å². The summed E-state index contributed by atoms with van der Waals surface area (Å²) in [5, 5.41) is 11.4. The molecule has 0 bridgehead atoms. The van der Waals surface area contributed by atoms with Gasteiger partial charge in [-0.2, -0.15) is 0 Å². The van der Waals surface area contributed by atoms with Crippen LogP contribution in [0.15, 0.2) is 30.3 Å². The zero-order valence-electron chi connectivity index (χ0n) is 11.2. The van der Waals surface area contributed by atoms with E-state index in [-0.39, 0.29) is 11.8 Å². The summed E-state index contributed by atoms with van der Waals surface area (Å²) >= 11 is 0. The number of rotatable bonds is 6. The highest BCUT2D eigenvalue weighted by atomic mass is 16.5. The van der Waals surface area contributed by atoms with Crippen LogP contribution in [0.2, 0.25) is 0 Å². The molecule has 5 nitrogen and oxygen atoms in total. The summed E-state index contributed by atoms with van der Waals surface area (Å²) in [7, 11) is 0. The molecule has 1 aromatic carbocycles. The smallest absolute Gasteiger partial charge is 0.255 e. The molecule has 0 saturated heterocycles. The second-order valence-electron chi connectivity index (χ2n) is 4.86. The highest BCUT2D eigenvalue weighted by Crippen LogP contribution is 2.12. The molecule has 0 aliphatic rings. The van der Waals surface area contributed by atoms with Crippen LogP contribution in [0.4, 0.5) is 0 Å². The van der Waals surface area contributed by atoms with Crippen molar-refractivity contribution in [2.75, 3.05) is 0 Å². The van der Waals surface area contributed by atoms with Gasteiger partial charge in [0.2, 0.25) is 5.91 Å². The zero-order valence-corrected chi connectivity index (χ0v) is 11.2. The molecule has 104 valence electrons. The fourth-order valence-electron chi connectivity index (χ4n) is 1.79. The summed E-state index contributed by atoms with van der Waals surface area (Å²) in [4.78, 5) is 23.4. The Morgan fingerprint density at radius 2 is 1.79 bits per heavy atom. The number of benzene rings is 1. The van der Waals surface area contributed by atoms with E-state index in [1.165, 1.54) is 0 Å². The summed E-state index contributed by atoms with van der Waals surface area (Å²) < 4.78 is 0. The van der Waals surface area contributed by atoms with Crippen molar-refractivity contribution in [1.82, 2.24) is 10.8 Å². The number of hydroxylamine groups is 1. The fourth-order valence-corrected chi connectivity index (χ4v) is 1.79. The maximum absolute atomic E-state index is 12.0. The predicted molar refractivity (Wildman–Crippen MR) is 71.2 cm³/mol. The van der Waals surface area contributed by atoms with Gasteiger partial charge in [-0.05, 0) is 17.9 Å². The van der Waals surface area contributed by atoms with Crippen LogP contribution in [0, 0.1) is 11.8 Å². The molecule has 0 aliphatic heterocycles. The summed E-state index contributed by atoms with van der Waals surface area (Å²) in [5.41, 5.74) is 2.51. The second kappa shape index (κ2) is 7.53. The van der Waals surface area contributed by atoms with Gasteiger partial charge < -0.3 is 5.32 Å². The van der Waals surface area contributed by atoms with Crippen molar-refractivity contribution in [3.63, 3.8) is 0 Å². The van der Waals surface area contributed by atoms with Gasteiger partial charge in [0.15, 0.2) is 0 Å². The molecule has 1 aromatic rings. The molecule has 0 spiro atoms. The quantitative estimate of drug-likeness (QED) is 0.413. The van der Waals surface area contributed by atoms with Gasteiger partial charge in [-0.25, -0.2) is 5.48 Å². The van der Waals surface area contributed by atoms with Gasteiger partial charge in [-0.3, -0.25) is 14.8 Å². The Morgan fingerprint density at radius 1 is 1.16 bits per heavy atom. The van der Waals surface area contributed by atoms with E-state index in [2.05, 4.69) is 5.32 Å². The molecule has 1 atom stereocenters. The van der Waals surface area contributed by atoms with Crippen LogP contribution < -0.4 is 10.8 Å². The topological polar surface area (TPSA) is 78.4 Å². The highest BCUT2D eigenvalue weighted by molar-refractivity contribution is 5.99. The molecule has 0 aliphatic carbocycles. The molecule has 2 amide bonds. The molecule has 0 heterocycles. The third-order valence-electron chi connectivity index (χ3n) is 2.76. The third-order valence-corrected chi connectivity index (χ3v) is 2.76. The molecule has 0 saturated carbocycles. The van der Waals surface area contributed by atoms with Crippen molar-refractivity contribution in [1.29, 1.82) is 0 Å². The largest absolute Gasteiger partial charge is 0.351 e.